The second-order valence-corrected chi connectivity index (χ2v) is 4.46. The highest BCUT2D eigenvalue weighted by Gasteiger charge is 2.31. The van der Waals surface area contributed by atoms with Gasteiger partial charge in [-0.2, -0.15) is 0 Å². The standard InChI is InChI=1S/C12H21NO4/c1-4-8(2)10(12(15)16-3)13-11(14)9-5-6-17-7-9/h8-10H,4-7H2,1-3H3,(H,13,14)/t8-,9-,10-/m0/s1. The number of esters is 1. The SMILES string of the molecule is CC[C@H](C)[C@H](NC(=O)[C@H]1CCOC1)C(=O)OC. The zero-order valence-electron chi connectivity index (χ0n) is 10.7. The average Bonchev–Trinajstić information content (AvgIpc) is 2.87. The number of rotatable bonds is 5. The summed E-state index contributed by atoms with van der Waals surface area (Å²) in [6, 6.07) is -0.557. The van der Waals surface area contributed by atoms with Gasteiger partial charge in [0, 0.05) is 6.61 Å². The molecule has 1 heterocycles. The summed E-state index contributed by atoms with van der Waals surface area (Å²) < 4.78 is 9.87. The third-order valence-electron chi connectivity index (χ3n) is 3.27. The van der Waals surface area contributed by atoms with Crippen molar-refractivity contribution in [2.24, 2.45) is 11.8 Å². The average molecular weight is 243 g/mol. The Morgan fingerprint density at radius 1 is 1.53 bits per heavy atom. The van der Waals surface area contributed by atoms with E-state index in [0.717, 1.165) is 12.8 Å². The number of carbonyl (C=O) groups excluding carboxylic acids is 2. The number of hydrogen-bond acceptors (Lipinski definition) is 4. The first-order valence-corrected chi connectivity index (χ1v) is 6.06. The Labute approximate surface area is 102 Å². The normalized spacial score (nSPS) is 22.9. The zero-order chi connectivity index (χ0) is 12.8. The monoisotopic (exact) mass is 243 g/mol. The summed E-state index contributed by atoms with van der Waals surface area (Å²) in [6.45, 7) is 4.96. The number of methoxy groups -OCH3 is 1. The molecule has 0 saturated carbocycles. The summed E-state index contributed by atoms with van der Waals surface area (Å²) in [5.74, 6) is -0.565. The number of carbonyl (C=O) groups is 2. The summed E-state index contributed by atoms with van der Waals surface area (Å²) in [6.07, 6.45) is 1.53. The molecule has 1 amide bonds. The quantitative estimate of drug-likeness (QED) is 0.723. The van der Waals surface area contributed by atoms with Crippen molar-refractivity contribution in [3.63, 3.8) is 0 Å². The van der Waals surface area contributed by atoms with E-state index in [1.165, 1.54) is 7.11 Å². The van der Waals surface area contributed by atoms with Crippen LogP contribution in [0.1, 0.15) is 26.7 Å². The van der Waals surface area contributed by atoms with Gasteiger partial charge >= 0.3 is 5.97 Å². The predicted molar refractivity (Wildman–Crippen MR) is 62.3 cm³/mol. The van der Waals surface area contributed by atoms with Crippen LogP contribution in [0, 0.1) is 11.8 Å². The molecule has 0 aliphatic carbocycles. The van der Waals surface area contributed by atoms with Crippen molar-refractivity contribution in [3.8, 4) is 0 Å². The number of hydrogen-bond donors (Lipinski definition) is 1. The van der Waals surface area contributed by atoms with E-state index in [9.17, 15) is 9.59 Å². The van der Waals surface area contributed by atoms with Gasteiger partial charge in [0.15, 0.2) is 0 Å². The second kappa shape index (κ2) is 6.59. The molecule has 5 nitrogen and oxygen atoms in total. The van der Waals surface area contributed by atoms with Gasteiger partial charge in [0.1, 0.15) is 6.04 Å². The molecule has 5 heteroatoms. The van der Waals surface area contributed by atoms with E-state index in [0.29, 0.717) is 13.2 Å². The summed E-state index contributed by atoms with van der Waals surface area (Å²) >= 11 is 0. The van der Waals surface area contributed by atoms with Crippen LogP contribution in [-0.2, 0) is 19.1 Å². The van der Waals surface area contributed by atoms with Gasteiger partial charge in [-0.1, -0.05) is 20.3 Å². The summed E-state index contributed by atoms with van der Waals surface area (Å²) in [5, 5.41) is 2.77. The lowest BCUT2D eigenvalue weighted by Gasteiger charge is -2.23. The van der Waals surface area contributed by atoms with Crippen LogP contribution in [0.4, 0.5) is 0 Å². The molecule has 0 radical (unpaired) electrons. The van der Waals surface area contributed by atoms with Crippen LogP contribution < -0.4 is 5.32 Å². The largest absolute Gasteiger partial charge is 0.467 e. The molecule has 3 atom stereocenters. The lowest BCUT2D eigenvalue weighted by Crippen LogP contribution is -2.47. The van der Waals surface area contributed by atoms with Crippen molar-refractivity contribution in [2.45, 2.75) is 32.7 Å². The molecular weight excluding hydrogens is 222 g/mol. The summed E-state index contributed by atoms with van der Waals surface area (Å²) in [7, 11) is 1.34. The van der Waals surface area contributed by atoms with Gasteiger partial charge in [0.2, 0.25) is 5.91 Å². The highest BCUT2D eigenvalue weighted by molar-refractivity contribution is 5.86. The lowest BCUT2D eigenvalue weighted by molar-refractivity contribution is -0.147. The fourth-order valence-corrected chi connectivity index (χ4v) is 1.81. The van der Waals surface area contributed by atoms with E-state index in [1.54, 1.807) is 0 Å². The fourth-order valence-electron chi connectivity index (χ4n) is 1.81. The maximum absolute atomic E-state index is 11.9. The molecule has 0 aromatic carbocycles. The van der Waals surface area contributed by atoms with Crippen LogP contribution in [0.3, 0.4) is 0 Å². The minimum absolute atomic E-state index is 0.0636. The van der Waals surface area contributed by atoms with Crippen molar-refractivity contribution in [3.05, 3.63) is 0 Å². The maximum Gasteiger partial charge on any atom is 0.328 e. The van der Waals surface area contributed by atoms with Gasteiger partial charge in [0.25, 0.3) is 0 Å². The maximum atomic E-state index is 11.9. The molecule has 1 rings (SSSR count). The Bertz CT molecular complexity index is 274. The van der Waals surface area contributed by atoms with Gasteiger partial charge in [-0.05, 0) is 12.3 Å². The first-order chi connectivity index (χ1) is 8.10. The molecule has 0 spiro atoms. The molecule has 98 valence electrons. The molecule has 17 heavy (non-hydrogen) atoms. The van der Waals surface area contributed by atoms with Gasteiger partial charge < -0.3 is 14.8 Å². The zero-order valence-corrected chi connectivity index (χ0v) is 10.7. The predicted octanol–water partition coefficient (Wildman–Crippen LogP) is 0.727. The third-order valence-corrected chi connectivity index (χ3v) is 3.27. The number of nitrogens with one attached hydrogen (secondary N) is 1. The van der Waals surface area contributed by atoms with Crippen molar-refractivity contribution in [2.75, 3.05) is 20.3 Å². The second-order valence-electron chi connectivity index (χ2n) is 4.46. The summed E-state index contributed by atoms with van der Waals surface area (Å²) in [5.41, 5.74) is 0. The van der Waals surface area contributed by atoms with Gasteiger partial charge in [0.05, 0.1) is 19.6 Å². The third kappa shape index (κ3) is 3.70. The van der Waals surface area contributed by atoms with E-state index in [2.05, 4.69) is 5.32 Å². The number of ether oxygens (including phenoxy) is 2. The smallest absolute Gasteiger partial charge is 0.328 e. The Morgan fingerprint density at radius 3 is 2.71 bits per heavy atom. The molecule has 0 bridgehead atoms. The van der Waals surface area contributed by atoms with Crippen LogP contribution in [0.5, 0.6) is 0 Å². The van der Waals surface area contributed by atoms with Crippen molar-refractivity contribution < 1.29 is 19.1 Å². The van der Waals surface area contributed by atoms with E-state index in [4.69, 9.17) is 9.47 Å². The van der Waals surface area contributed by atoms with Crippen LogP contribution in [0.2, 0.25) is 0 Å². The van der Waals surface area contributed by atoms with Crippen LogP contribution in [0.15, 0.2) is 0 Å². The minimum atomic E-state index is -0.557. The van der Waals surface area contributed by atoms with E-state index in [1.807, 2.05) is 13.8 Å². The Morgan fingerprint density at radius 2 is 2.24 bits per heavy atom. The van der Waals surface area contributed by atoms with Gasteiger partial charge in [-0.15, -0.1) is 0 Å². The molecule has 1 fully saturated rings. The Kier molecular flexibility index (Phi) is 5.41. The van der Waals surface area contributed by atoms with Gasteiger partial charge in [-0.3, -0.25) is 4.79 Å². The molecular formula is C12H21NO4. The summed E-state index contributed by atoms with van der Waals surface area (Å²) in [4.78, 5) is 23.5. The van der Waals surface area contributed by atoms with Crippen LogP contribution in [-0.4, -0.2) is 38.2 Å². The number of amides is 1. The molecule has 1 aliphatic rings. The van der Waals surface area contributed by atoms with Gasteiger partial charge in [-0.25, -0.2) is 4.79 Å². The Balaban J connectivity index is 2.58. The topological polar surface area (TPSA) is 64.6 Å². The molecule has 1 saturated heterocycles. The first kappa shape index (κ1) is 14.0. The highest BCUT2D eigenvalue weighted by Crippen LogP contribution is 2.15. The van der Waals surface area contributed by atoms with Crippen LogP contribution in [0.25, 0.3) is 0 Å². The van der Waals surface area contributed by atoms with E-state index < -0.39 is 6.04 Å². The minimum Gasteiger partial charge on any atom is -0.467 e. The first-order valence-electron chi connectivity index (χ1n) is 6.06. The molecule has 1 N–H and O–H groups in total. The van der Waals surface area contributed by atoms with E-state index >= 15 is 0 Å². The molecule has 0 unspecified atom stereocenters. The van der Waals surface area contributed by atoms with Crippen molar-refractivity contribution >= 4 is 11.9 Å². The molecule has 0 aromatic heterocycles. The van der Waals surface area contributed by atoms with Crippen LogP contribution >= 0.6 is 0 Å². The fraction of sp³-hybridized carbons (Fsp3) is 0.833. The molecule has 1 aliphatic heterocycles. The Hall–Kier alpha value is -1.10. The lowest BCUT2D eigenvalue weighted by atomic mass is 9.98. The molecule has 0 aromatic rings. The van der Waals surface area contributed by atoms with Crippen molar-refractivity contribution in [1.29, 1.82) is 0 Å². The van der Waals surface area contributed by atoms with E-state index in [-0.39, 0.29) is 23.7 Å². The highest BCUT2D eigenvalue weighted by atomic mass is 16.5. The van der Waals surface area contributed by atoms with Crippen molar-refractivity contribution in [1.82, 2.24) is 5.32 Å².